The van der Waals surface area contributed by atoms with Gasteiger partial charge in [0.25, 0.3) is 0 Å². The second-order valence-corrected chi connectivity index (χ2v) is 6.58. The van der Waals surface area contributed by atoms with Crippen LogP contribution in [0, 0.1) is 0 Å². The van der Waals surface area contributed by atoms with Crippen molar-refractivity contribution in [3.63, 3.8) is 0 Å². The first-order chi connectivity index (χ1) is 11.5. The first kappa shape index (κ1) is 15.6. The van der Waals surface area contributed by atoms with E-state index >= 15 is 0 Å². The van der Waals surface area contributed by atoms with Crippen LogP contribution in [0.15, 0.2) is 35.1 Å². The van der Waals surface area contributed by atoms with Crippen molar-refractivity contribution in [2.75, 3.05) is 6.61 Å². The van der Waals surface area contributed by atoms with E-state index in [4.69, 9.17) is 32.4 Å². The molecule has 0 spiro atoms. The Morgan fingerprint density at radius 3 is 2.79 bits per heavy atom. The van der Waals surface area contributed by atoms with Gasteiger partial charge in [-0.2, -0.15) is 0 Å². The predicted octanol–water partition coefficient (Wildman–Crippen LogP) is 4.36. The molecule has 5 nitrogen and oxygen atoms in total. The number of fused-ring (bicyclic) bond motifs is 3. The summed E-state index contributed by atoms with van der Waals surface area (Å²) in [6.07, 6.45) is 3.39. The van der Waals surface area contributed by atoms with Crippen LogP contribution in [0.5, 0.6) is 0 Å². The lowest BCUT2D eigenvalue weighted by Crippen LogP contribution is -2.38. The maximum Gasteiger partial charge on any atom is 0.307 e. The summed E-state index contributed by atoms with van der Waals surface area (Å²) in [4.78, 5) is 14.8. The highest BCUT2D eigenvalue weighted by Gasteiger charge is 2.45. The third kappa shape index (κ3) is 2.16. The number of ether oxygens (including phenoxy) is 1. The SMILES string of the molecule is O=C(O)CC1(c2ccoc2)OCCc2c1[nH]c1c(Cl)ccc(Cl)c21. The molecule has 2 N–H and O–H groups in total. The van der Waals surface area contributed by atoms with Crippen molar-refractivity contribution in [3.05, 3.63) is 57.6 Å². The number of benzene rings is 1. The summed E-state index contributed by atoms with van der Waals surface area (Å²) >= 11 is 12.7. The molecule has 1 atom stereocenters. The molecule has 4 rings (SSSR count). The average Bonchev–Trinajstić information content (AvgIpc) is 3.19. The zero-order chi connectivity index (χ0) is 16.9. The molecule has 0 amide bonds. The topological polar surface area (TPSA) is 75.5 Å². The van der Waals surface area contributed by atoms with Crippen molar-refractivity contribution in [3.8, 4) is 0 Å². The lowest BCUT2D eigenvalue weighted by atomic mass is 9.83. The fraction of sp³-hybridized carbons (Fsp3) is 0.235. The Kier molecular flexibility index (Phi) is 3.60. The van der Waals surface area contributed by atoms with Gasteiger partial charge in [-0.1, -0.05) is 23.2 Å². The molecule has 1 aliphatic heterocycles. The van der Waals surface area contributed by atoms with Gasteiger partial charge in [-0.15, -0.1) is 0 Å². The Labute approximate surface area is 147 Å². The van der Waals surface area contributed by atoms with E-state index in [2.05, 4.69) is 4.98 Å². The number of rotatable bonds is 3. The van der Waals surface area contributed by atoms with Crippen molar-refractivity contribution in [1.29, 1.82) is 0 Å². The molecule has 3 heterocycles. The van der Waals surface area contributed by atoms with E-state index in [-0.39, 0.29) is 6.42 Å². The number of H-pyrrole nitrogens is 1. The van der Waals surface area contributed by atoms with Crippen molar-refractivity contribution in [1.82, 2.24) is 4.98 Å². The van der Waals surface area contributed by atoms with E-state index in [1.165, 1.54) is 12.5 Å². The molecule has 24 heavy (non-hydrogen) atoms. The van der Waals surface area contributed by atoms with Crippen LogP contribution >= 0.6 is 23.2 Å². The van der Waals surface area contributed by atoms with Crippen LogP contribution in [-0.2, 0) is 21.6 Å². The van der Waals surface area contributed by atoms with Gasteiger partial charge in [0.2, 0.25) is 0 Å². The summed E-state index contributed by atoms with van der Waals surface area (Å²) in [5.74, 6) is -0.972. The monoisotopic (exact) mass is 365 g/mol. The Balaban J connectivity index is 2.05. The standard InChI is InChI=1S/C17H13Cl2NO4/c18-11-1-2-12(19)15-14(11)10-4-6-24-17(7-13(21)22,16(10)20-15)9-3-5-23-8-9/h1-3,5,8,20H,4,6-7H2,(H,21,22). The molecule has 1 aromatic carbocycles. The number of halogens is 2. The van der Waals surface area contributed by atoms with Gasteiger partial charge >= 0.3 is 5.97 Å². The summed E-state index contributed by atoms with van der Waals surface area (Å²) in [6.45, 7) is 0.376. The van der Waals surface area contributed by atoms with Gasteiger partial charge in [0.15, 0.2) is 0 Å². The highest BCUT2D eigenvalue weighted by Crippen LogP contribution is 2.46. The maximum absolute atomic E-state index is 11.6. The Bertz CT molecular complexity index is 932. The molecule has 0 fully saturated rings. The molecule has 7 heteroatoms. The molecule has 0 saturated carbocycles. The molecule has 1 aliphatic rings. The van der Waals surface area contributed by atoms with E-state index in [9.17, 15) is 9.90 Å². The number of aromatic nitrogens is 1. The van der Waals surface area contributed by atoms with Gasteiger partial charge < -0.3 is 19.2 Å². The van der Waals surface area contributed by atoms with E-state index in [0.29, 0.717) is 39.8 Å². The fourth-order valence-corrected chi connectivity index (χ4v) is 3.94. The predicted molar refractivity (Wildman–Crippen MR) is 89.7 cm³/mol. The van der Waals surface area contributed by atoms with Gasteiger partial charge in [-0.3, -0.25) is 4.79 Å². The minimum atomic E-state index is -1.15. The number of carboxylic acids is 1. The number of furan rings is 1. The zero-order valence-electron chi connectivity index (χ0n) is 12.4. The van der Waals surface area contributed by atoms with Crippen molar-refractivity contribution >= 4 is 40.1 Å². The van der Waals surface area contributed by atoms with E-state index in [1.807, 2.05) is 0 Å². The molecule has 0 saturated heterocycles. The van der Waals surface area contributed by atoms with Crippen molar-refractivity contribution in [2.45, 2.75) is 18.4 Å². The normalized spacial score (nSPS) is 20.2. The number of carbonyl (C=O) groups is 1. The third-order valence-electron chi connectivity index (χ3n) is 4.45. The first-order valence-corrected chi connectivity index (χ1v) is 8.16. The molecular formula is C17H13Cl2NO4. The number of aliphatic carboxylic acids is 1. The number of carboxylic acid groups (broad SMARTS) is 1. The van der Waals surface area contributed by atoms with E-state index in [1.54, 1.807) is 18.2 Å². The Morgan fingerprint density at radius 1 is 1.29 bits per heavy atom. The fourth-order valence-electron chi connectivity index (χ4n) is 3.47. The first-order valence-electron chi connectivity index (χ1n) is 7.40. The minimum Gasteiger partial charge on any atom is -0.481 e. The molecule has 1 unspecified atom stereocenters. The summed E-state index contributed by atoms with van der Waals surface area (Å²) in [5.41, 5.74) is 1.79. The van der Waals surface area contributed by atoms with Crippen LogP contribution in [-0.4, -0.2) is 22.7 Å². The van der Waals surface area contributed by atoms with E-state index in [0.717, 1.165) is 10.9 Å². The lowest BCUT2D eigenvalue weighted by Gasteiger charge is -2.35. The highest BCUT2D eigenvalue weighted by molar-refractivity contribution is 6.40. The molecule has 3 aromatic rings. The third-order valence-corrected chi connectivity index (χ3v) is 5.08. The molecule has 124 valence electrons. The average molecular weight is 366 g/mol. The summed E-state index contributed by atoms with van der Waals surface area (Å²) < 4.78 is 11.2. The van der Waals surface area contributed by atoms with Crippen LogP contribution in [0.4, 0.5) is 0 Å². The summed E-state index contributed by atoms with van der Waals surface area (Å²) in [5, 5.41) is 11.4. The molecule has 0 radical (unpaired) electrons. The molecule has 0 bridgehead atoms. The maximum atomic E-state index is 11.6. The number of hydrogen-bond acceptors (Lipinski definition) is 3. The number of nitrogens with one attached hydrogen (secondary N) is 1. The summed E-state index contributed by atoms with van der Waals surface area (Å²) in [6, 6.07) is 5.17. The molecular weight excluding hydrogens is 353 g/mol. The van der Waals surface area contributed by atoms with Gasteiger partial charge in [-0.05, 0) is 30.2 Å². The highest BCUT2D eigenvalue weighted by atomic mass is 35.5. The number of aromatic amines is 1. The Hall–Kier alpha value is -1.95. The second-order valence-electron chi connectivity index (χ2n) is 5.77. The largest absolute Gasteiger partial charge is 0.481 e. The quantitative estimate of drug-likeness (QED) is 0.722. The molecule has 2 aromatic heterocycles. The van der Waals surface area contributed by atoms with Crippen LogP contribution in [0.1, 0.15) is 23.2 Å². The number of hydrogen-bond donors (Lipinski definition) is 2. The van der Waals surface area contributed by atoms with Gasteiger partial charge in [0.1, 0.15) is 5.60 Å². The molecule has 0 aliphatic carbocycles. The smallest absolute Gasteiger partial charge is 0.307 e. The van der Waals surface area contributed by atoms with Gasteiger partial charge in [0.05, 0.1) is 46.8 Å². The van der Waals surface area contributed by atoms with Gasteiger partial charge in [0, 0.05) is 10.9 Å². The second kappa shape index (κ2) is 5.55. The van der Waals surface area contributed by atoms with Crippen molar-refractivity contribution < 1.29 is 19.1 Å². The minimum absolute atomic E-state index is 0.235. The van der Waals surface area contributed by atoms with Crippen LogP contribution in [0.25, 0.3) is 10.9 Å². The van der Waals surface area contributed by atoms with Crippen LogP contribution in [0.2, 0.25) is 10.0 Å². The van der Waals surface area contributed by atoms with Crippen LogP contribution in [0.3, 0.4) is 0 Å². The Morgan fingerprint density at radius 2 is 2.08 bits per heavy atom. The summed E-state index contributed by atoms with van der Waals surface area (Å²) in [7, 11) is 0. The lowest BCUT2D eigenvalue weighted by molar-refractivity contribution is -0.144. The zero-order valence-corrected chi connectivity index (χ0v) is 13.9. The van der Waals surface area contributed by atoms with Gasteiger partial charge in [-0.25, -0.2) is 0 Å². The van der Waals surface area contributed by atoms with Crippen LogP contribution < -0.4 is 0 Å². The van der Waals surface area contributed by atoms with Crippen molar-refractivity contribution in [2.24, 2.45) is 0 Å². The van der Waals surface area contributed by atoms with E-state index < -0.39 is 11.6 Å².